The van der Waals surface area contributed by atoms with Crippen LogP contribution >= 0.6 is 0 Å². The summed E-state index contributed by atoms with van der Waals surface area (Å²) in [5.74, 6) is -0.0425. The Hall–Kier alpha value is -1.88. The van der Waals surface area contributed by atoms with E-state index in [0.29, 0.717) is 6.61 Å². The van der Waals surface area contributed by atoms with Crippen molar-refractivity contribution in [3.05, 3.63) is 29.6 Å². The van der Waals surface area contributed by atoms with Crippen LogP contribution < -0.4 is 0 Å². The van der Waals surface area contributed by atoms with Gasteiger partial charge < -0.3 is 14.4 Å². The second-order valence-corrected chi connectivity index (χ2v) is 4.94. The van der Waals surface area contributed by atoms with Gasteiger partial charge in [-0.15, -0.1) is 0 Å². The number of hydrogen-bond acceptors (Lipinski definition) is 3. The summed E-state index contributed by atoms with van der Waals surface area (Å²) in [7, 11) is 1.69. The predicted molar refractivity (Wildman–Crippen MR) is 77.3 cm³/mol. The van der Waals surface area contributed by atoms with E-state index in [2.05, 4.69) is 16.5 Å². The molecule has 1 atom stereocenters. The molecule has 0 radical (unpaired) electrons. The number of benzene rings is 1. The van der Waals surface area contributed by atoms with E-state index in [4.69, 9.17) is 9.84 Å². The predicted octanol–water partition coefficient (Wildman–Crippen LogP) is 3.03. The highest BCUT2D eigenvalue weighted by Crippen LogP contribution is 2.25. The molecule has 0 saturated carbocycles. The highest BCUT2D eigenvalue weighted by molar-refractivity contribution is 5.92. The standard InChI is InChI=1S/C15H20N2O3/c1-4-5-12(9-20-3)17-10(2)16-13-8-11(15(18)19)6-7-14(13)17/h6-8,12H,4-5,9H2,1-3H3,(H,18,19). The summed E-state index contributed by atoms with van der Waals surface area (Å²) in [6.07, 6.45) is 2.06. The molecule has 108 valence electrons. The van der Waals surface area contributed by atoms with Crippen molar-refractivity contribution in [1.82, 2.24) is 9.55 Å². The van der Waals surface area contributed by atoms with Gasteiger partial charge in [-0.1, -0.05) is 13.3 Å². The monoisotopic (exact) mass is 276 g/mol. The molecule has 1 N–H and O–H groups in total. The summed E-state index contributed by atoms with van der Waals surface area (Å²) in [5.41, 5.74) is 1.95. The third-order valence-electron chi connectivity index (χ3n) is 3.46. The molecule has 0 aliphatic rings. The van der Waals surface area contributed by atoms with Gasteiger partial charge in [-0.2, -0.15) is 0 Å². The van der Waals surface area contributed by atoms with E-state index in [1.807, 2.05) is 13.0 Å². The van der Waals surface area contributed by atoms with Crippen molar-refractivity contribution in [3.8, 4) is 0 Å². The van der Waals surface area contributed by atoms with Crippen LogP contribution in [0.1, 0.15) is 42.0 Å². The van der Waals surface area contributed by atoms with Crippen LogP contribution in [0.3, 0.4) is 0 Å². The van der Waals surface area contributed by atoms with Crippen LogP contribution in [0.5, 0.6) is 0 Å². The van der Waals surface area contributed by atoms with Gasteiger partial charge in [0.1, 0.15) is 5.82 Å². The Kier molecular flexibility index (Phi) is 4.39. The second kappa shape index (κ2) is 6.05. The number of hydrogen-bond donors (Lipinski definition) is 1. The molecule has 5 heteroatoms. The fourth-order valence-corrected chi connectivity index (χ4v) is 2.63. The van der Waals surface area contributed by atoms with E-state index in [1.165, 1.54) is 0 Å². The number of fused-ring (bicyclic) bond motifs is 1. The van der Waals surface area contributed by atoms with Gasteiger partial charge in [0.25, 0.3) is 0 Å². The third-order valence-corrected chi connectivity index (χ3v) is 3.46. The molecular formula is C15H20N2O3. The first-order valence-electron chi connectivity index (χ1n) is 6.79. The molecular weight excluding hydrogens is 256 g/mol. The Morgan fingerprint density at radius 1 is 1.50 bits per heavy atom. The zero-order chi connectivity index (χ0) is 14.7. The number of carboxylic acid groups (broad SMARTS) is 1. The smallest absolute Gasteiger partial charge is 0.335 e. The number of aromatic carboxylic acids is 1. The summed E-state index contributed by atoms with van der Waals surface area (Å²) in [6.45, 7) is 4.71. The number of carbonyl (C=O) groups is 1. The molecule has 0 spiro atoms. The van der Waals surface area contributed by atoms with Gasteiger partial charge in [0, 0.05) is 7.11 Å². The van der Waals surface area contributed by atoms with Crippen LogP contribution in [0.25, 0.3) is 11.0 Å². The number of imidazole rings is 1. The SMILES string of the molecule is CCCC(COC)n1c(C)nc2cc(C(=O)O)ccc21. The van der Waals surface area contributed by atoms with E-state index in [-0.39, 0.29) is 11.6 Å². The van der Waals surface area contributed by atoms with Crippen LogP contribution in [-0.4, -0.2) is 34.3 Å². The minimum atomic E-state index is -0.930. The van der Waals surface area contributed by atoms with Crippen molar-refractivity contribution < 1.29 is 14.6 Å². The Bertz CT molecular complexity index is 613. The van der Waals surface area contributed by atoms with Gasteiger partial charge in [-0.25, -0.2) is 9.78 Å². The van der Waals surface area contributed by atoms with E-state index in [9.17, 15) is 4.79 Å². The van der Waals surface area contributed by atoms with Gasteiger partial charge >= 0.3 is 5.97 Å². The number of rotatable bonds is 6. The minimum absolute atomic E-state index is 0.227. The zero-order valence-electron chi connectivity index (χ0n) is 12.1. The molecule has 1 aromatic heterocycles. The van der Waals surface area contributed by atoms with Gasteiger partial charge in [0.15, 0.2) is 0 Å². The van der Waals surface area contributed by atoms with E-state index in [1.54, 1.807) is 19.2 Å². The van der Waals surface area contributed by atoms with E-state index < -0.39 is 5.97 Å². The Morgan fingerprint density at radius 3 is 2.85 bits per heavy atom. The largest absolute Gasteiger partial charge is 0.478 e. The summed E-state index contributed by atoms with van der Waals surface area (Å²) in [4.78, 5) is 15.5. The fraction of sp³-hybridized carbons (Fsp3) is 0.467. The molecule has 2 rings (SSSR count). The number of aryl methyl sites for hydroxylation is 1. The van der Waals surface area contributed by atoms with E-state index in [0.717, 1.165) is 29.7 Å². The second-order valence-electron chi connectivity index (χ2n) is 4.94. The van der Waals surface area contributed by atoms with E-state index >= 15 is 0 Å². The molecule has 0 aliphatic heterocycles. The molecule has 0 bridgehead atoms. The molecule has 1 aromatic carbocycles. The lowest BCUT2D eigenvalue weighted by atomic mass is 10.1. The van der Waals surface area contributed by atoms with Crippen molar-refractivity contribution in [2.45, 2.75) is 32.7 Å². The quantitative estimate of drug-likeness (QED) is 0.880. The van der Waals surface area contributed by atoms with Gasteiger partial charge in [-0.3, -0.25) is 0 Å². The zero-order valence-corrected chi connectivity index (χ0v) is 12.1. The van der Waals surface area contributed by atoms with Crippen LogP contribution in [0, 0.1) is 6.92 Å². The molecule has 1 unspecified atom stereocenters. The maximum absolute atomic E-state index is 11.0. The lowest BCUT2D eigenvalue weighted by Gasteiger charge is -2.19. The van der Waals surface area contributed by atoms with Crippen molar-refractivity contribution in [1.29, 1.82) is 0 Å². The maximum Gasteiger partial charge on any atom is 0.335 e. The van der Waals surface area contributed by atoms with Crippen LogP contribution in [0.15, 0.2) is 18.2 Å². The Labute approximate surface area is 118 Å². The first-order valence-corrected chi connectivity index (χ1v) is 6.79. The molecule has 2 aromatic rings. The average molecular weight is 276 g/mol. The molecule has 0 amide bonds. The Balaban J connectivity index is 2.52. The molecule has 1 heterocycles. The van der Waals surface area contributed by atoms with Gasteiger partial charge in [0.05, 0.1) is 29.2 Å². The van der Waals surface area contributed by atoms with Crippen molar-refractivity contribution in [2.24, 2.45) is 0 Å². The Morgan fingerprint density at radius 2 is 2.25 bits per heavy atom. The lowest BCUT2D eigenvalue weighted by Crippen LogP contribution is -2.16. The average Bonchev–Trinajstić information content (AvgIpc) is 2.73. The fourth-order valence-electron chi connectivity index (χ4n) is 2.63. The summed E-state index contributed by atoms with van der Waals surface area (Å²) < 4.78 is 7.45. The number of methoxy groups -OCH3 is 1. The number of ether oxygens (including phenoxy) is 1. The van der Waals surface area contributed by atoms with Gasteiger partial charge in [0.2, 0.25) is 0 Å². The highest BCUT2D eigenvalue weighted by atomic mass is 16.5. The topological polar surface area (TPSA) is 64.4 Å². The van der Waals surface area contributed by atoms with Gasteiger partial charge in [-0.05, 0) is 31.5 Å². The van der Waals surface area contributed by atoms with Crippen LogP contribution in [0.4, 0.5) is 0 Å². The van der Waals surface area contributed by atoms with Crippen molar-refractivity contribution >= 4 is 17.0 Å². The van der Waals surface area contributed by atoms with Crippen LogP contribution in [-0.2, 0) is 4.74 Å². The number of nitrogens with zero attached hydrogens (tertiary/aromatic N) is 2. The molecule has 0 aliphatic carbocycles. The highest BCUT2D eigenvalue weighted by Gasteiger charge is 2.17. The van der Waals surface area contributed by atoms with Crippen molar-refractivity contribution in [2.75, 3.05) is 13.7 Å². The lowest BCUT2D eigenvalue weighted by molar-refractivity contribution is 0.0697. The van der Waals surface area contributed by atoms with Crippen LogP contribution in [0.2, 0.25) is 0 Å². The molecule has 0 fully saturated rings. The summed E-state index contributed by atoms with van der Waals surface area (Å²) >= 11 is 0. The molecule has 5 nitrogen and oxygen atoms in total. The molecule has 0 saturated heterocycles. The maximum atomic E-state index is 11.0. The normalized spacial score (nSPS) is 12.8. The third kappa shape index (κ3) is 2.67. The summed E-state index contributed by atoms with van der Waals surface area (Å²) in [6, 6.07) is 5.30. The molecule has 20 heavy (non-hydrogen) atoms. The number of carboxylic acids is 1. The minimum Gasteiger partial charge on any atom is -0.478 e. The summed E-state index contributed by atoms with van der Waals surface area (Å²) in [5, 5.41) is 9.04. The first kappa shape index (κ1) is 14.5. The van der Waals surface area contributed by atoms with Crippen molar-refractivity contribution in [3.63, 3.8) is 0 Å². The first-order chi connectivity index (χ1) is 9.58. The number of aromatic nitrogens is 2.